The fourth-order valence-electron chi connectivity index (χ4n) is 2.67. The molecule has 0 atom stereocenters. The Hall–Kier alpha value is -2.78. The molecule has 0 unspecified atom stereocenters. The van der Waals surface area contributed by atoms with Crippen LogP contribution < -0.4 is 10.2 Å². The van der Waals surface area contributed by atoms with Crippen molar-refractivity contribution in [2.24, 2.45) is 0 Å². The van der Waals surface area contributed by atoms with Crippen LogP contribution in [-0.2, 0) is 9.53 Å². The number of carbonyl (C=O) groups excluding carboxylic acids is 1. The molecular weight excluding hydrogens is 368 g/mol. The Morgan fingerprint density at radius 3 is 2.70 bits per heavy atom. The van der Waals surface area contributed by atoms with Gasteiger partial charge in [-0.05, 0) is 36.4 Å². The number of nitrogens with zero attached hydrogens (tertiary/aromatic N) is 3. The molecule has 2 aromatic heterocycles. The van der Waals surface area contributed by atoms with Gasteiger partial charge in [-0.25, -0.2) is 0 Å². The summed E-state index contributed by atoms with van der Waals surface area (Å²) in [5, 5.41) is 11.0. The first-order valence-electron chi connectivity index (χ1n) is 8.51. The van der Waals surface area contributed by atoms with E-state index in [4.69, 9.17) is 13.6 Å². The number of morpholine rings is 1. The number of thioether (sulfide) groups is 1. The number of nitrogens with one attached hydrogen (secondary N) is 1. The van der Waals surface area contributed by atoms with Crippen LogP contribution in [0.4, 0.5) is 11.4 Å². The highest BCUT2D eigenvalue weighted by Crippen LogP contribution is 2.24. The maximum atomic E-state index is 12.1. The zero-order valence-electron chi connectivity index (χ0n) is 14.5. The summed E-state index contributed by atoms with van der Waals surface area (Å²) in [5.41, 5.74) is 1.88. The van der Waals surface area contributed by atoms with Gasteiger partial charge in [0.1, 0.15) is 0 Å². The van der Waals surface area contributed by atoms with Crippen LogP contribution in [0.25, 0.3) is 11.7 Å². The van der Waals surface area contributed by atoms with Crippen LogP contribution in [0.2, 0.25) is 0 Å². The van der Waals surface area contributed by atoms with Gasteiger partial charge in [0.15, 0.2) is 5.76 Å². The molecular formula is C18H18N4O4S. The standard InChI is InChI=1S/C18H18N4O4S/c23-16(12-27-18-21-20-17(26-18)15-2-1-9-25-15)19-13-3-5-14(6-4-13)22-7-10-24-11-8-22/h1-6,9H,7-8,10-12H2,(H,19,23). The predicted octanol–water partition coefficient (Wildman–Crippen LogP) is 2.90. The molecule has 1 saturated heterocycles. The van der Waals surface area contributed by atoms with Crippen molar-refractivity contribution < 1.29 is 18.4 Å². The third-order valence-electron chi connectivity index (χ3n) is 3.99. The molecule has 1 aromatic carbocycles. The highest BCUT2D eigenvalue weighted by Gasteiger charge is 2.14. The van der Waals surface area contributed by atoms with E-state index in [1.165, 1.54) is 18.0 Å². The fourth-order valence-corrected chi connectivity index (χ4v) is 3.23. The molecule has 0 aliphatic carbocycles. The second-order valence-corrected chi connectivity index (χ2v) is 6.76. The second kappa shape index (κ2) is 8.28. The van der Waals surface area contributed by atoms with E-state index in [9.17, 15) is 4.79 Å². The van der Waals surface area contributed by atoms with Crippen molar-refractivity contribution in [2.45, 2.75) is 5.22 Å². The van der Waals surface area contributed by atoms with Gasteiger partial charge in [0.05, 0.1) is 25.2 Å². The highest BCUT2D eigenvalue weighted by atomic mass is 32.2. The Kier molecular flexibility index (Phi) is 5.40. The average Bonchev–Trinajstić information content (AvgIpc) is 3.39. The van der Waals surface area contributed by atoms with Gasteiger partial charge in [-0.2, -0.15) is 0 Å². The van der Waals surface area contributed by atoms with E-state index in [0.717, 1.165) is 37.7 Å². The lowest BCUT2D eigenvalue weighted by molar-refractivity contribution is -0.113. The molecule has 3 heterocycles. The minimum absolute atomic E-state index is 0.142. The maximum Gasteiger partial charge on any atom is 0.284 e. The smallest absolute Gasteiger partial charge is 0.284 e. The summed E-state index contributed by atoms with van der Waals surface area (Å²) in [6.07, 6.45) is 1.53. The molecule has 4 rings (SSSR count). The fraction of sp³-hybridized carbons (Fsp3) is 0.278. The number of hydrogen-bond donors (Lipinski definition) is 1. The minimum atomic E-state index is -0.142. The number of anilines is 2. The molecule has 8 nitrogen and oxygen atoms in total. The van der Waals surface area contributed by atoms with E-state index in [1.54, 1.807) is 12.1 Å². The normalized spacial score (nSPS) is 14.3. The van der Waals surface area contributed by atoms with Crippen LogP contribution in [0.1, 0.15) is 0 Å². The Balaban J connectivity index is 1.28. The summed E-state index contributed by atoms with van der Waals surface area (Å²) in [5.74, 6) is 0.822. The summed E-state index contributed by atoms with van der Waals surface area (Å²) >= 11 is 1.18. The summed E-state index contributed by atoms with van der Waals surface area (Å²) < 4.78 is 16.0. The van der Waals surface area contributed by atoms with E-state index >= 15 is 0 Å². The number of ether oxygens (including phenoxy) is 1. The Labute approximate surface area is 159 Å². The average molecular weight is 386 g/mol. The summed E-state index contributed by atoms with van der Waals surface area (Å²) in [6, 6.07) is 11.3. The maximum absolute atomic E-state index is 12.1. The molecule has 0 saturated carbocycles. The zero-order chi connectivity index (χ0) is 18.5. The summed E-state index contributed by atoms with van der Waals surface area (Å²) in [7, 11) is 0. The molecule has 140 valence electrons. The molecule has 1 aliphatic rings. The van der Waals surface area contributed by atoms with Crippen molar-refractivity contribution >= 4 is 29.0 Å². The van der Waals surface area contributed by atoms with Crippen molar-refractivity contribution in [1.82, 2.24) is 10.2 Å². The number of rotatable bonds is 6. The van der Waals surface area contributed by atoms with Crippen molar-refractivity contribution in [1.29, 1.82) is 0 Å². The van der Waals surface area contributed by atoms with Crippen LogP contribution in [0.3, 0.4) is 0 Å². The first-order chi connectivity index (χ1) is 13.3. The van der Waals surface area contributed by atoms with Gasteiger partial charge in [0.2, 0.25) is 5.91 Å². The molecule has 1 fully saturated rings. The molecule has 1 amide bonds. The lowest BCUT2D eigenvalue weighted by Gasteiger charge is -2.28. The SMILES string of the molecule is O=C(CSc1nnc(-c2ccco2)o1)Nc1ccc(N2CCOCC2)cc1. The van der Waals surface area contributed by atoms with Crippen LogP contribution in [0.15, 0.2) is 56.7 Å². The van der Waals surface area contributed by atoms with E-state index in [-0.39, 0.29) is 11.7 Å². The number of furan rings is 1. The Morgan fingerprint density at radius 2 is 1.96 bits per heavy atom. The molecule has 27 heavy (non-hydrogen) atoms. The van der Waals surface area contributed by atoms with Crippen LogP contribution >= 0.6 is 11.8 Å². The van der Waals surface area contributed by atoms with Crippen LogP contribution in [-0.4, -0.2) is 48.2 Å². The zero-order valence-corrected chi connectivity index (χ0v) is 15.3. The Bertz CT molecular complexity index is 873. The van der Waals surface area contributed by atoms with Gasteiger partial charge in [0.25, 0.3) is 11.1 Å². The molecule has 0 spiro atoms. The van der Waals surface area contributed by atoms with Crippen LogP contribution in [0.5, 0.6) is 0 Å². The largest absolute Gasteiger partial charge is 0.459 e. The van der Waals surface area contributed by atoms with Gasteiger partial charge in [-0.1, -0.05) is 11.8 Å². The number of benzene rings is 1. The first-order valence-corrected chi connectivity index (χ1v) is 9.49. The van der Waals surface area contributed by atoms with Crippen molar-refractivity contribution in [2.75, 3.05) is 42.3 Å². The lowest BCUT2D eigenvalue weighted by atomic mass is 10.2. The second-order valence-electron chi connectivity index (χ2n) is 5.83. The van der Waals surface area contributed by atoms with E-state index in [2.05, 4.69) is 20.4 Å². The Morgan fingerprint density at radius 1 is 1.15 bits per heavy atom. The molecule has 0 bridgehead atoms. The van der Waals surface area contributed by atoms with Crippen molar-refractivity contribution in [3.05, 3.63) is 42.7 Å². The lowest BCUT2D eigenvalue weighted by Crippen LogP contribution is -2.36. The summed E-state index contributed by atoms with van der Waals surface area (Å²) in [4.78, 5) is 14.4. The summed E-state index contributed by atoms with van der Waals surface area (Å²) in [6.45, 7) is 3.25. The minimum Gasteiger partial charge on any atom is -0.459 e. The van der Waals surface area contributed by atoms with Gasteiger partial charge in [-0.15, -0.1) is 10.2 Å². The van der Waals surface area contributed by atoms with Gasteiger partial charge < -0.3 is 23.8 Å². The van der Waals surface area contributed by atoms with E-state index < -0.39 is 0 Å². The number of hydrogen-bond acceptors (Lipinski definition) is 8. The van der Waals surface area contributed by atoms with E-state index in [0.29, 0.717) is 16.9 Å². The predicted molar refractivity (Wildman–Crippen MR) is 101 cm³/mol. The van der Waals surface area contributed by atoms with Crippen molar-refractivity contribution in [3.8, 4) is 11.7 Å². The van der Waals surface area contributed by atoms with Gasteiger partial charge in [0, 0.05) is 24.5 Å². The number of aromatic nitrogens is 2. The monoisotopic (exact) mass is 386 g/mol. The van der Waals surface area contributed by atoms with Crippen molar-refractivity contribution in [3.63, 3.8) is 0 Å². The molecule has 0 radical (unpaired) electrons. The highest BCUT2D eigenvalue weighted by molar-refractivity contribution is 7.99. The first kappa shape index (κ1) is 17.6. The molecule has 1 N–H and O–H groups in total. The molecule has 1 aliphatic heterocycles. The quantitative estimate of drug-likeness (QED) is 0.647. The topological polar surface area (TPSA) is 93.6 Å². The van der Waals surface area contributed by atoms with Gasteiger partial charge >= 0.3 is 0 Å². The molecule has 9 heteroatoms. The van der Waals surface area contributed by atoms with Crippen LogP contribution in [0, 0.1) is 0 Å². The molecule has 3 aromatic rings. The number of carbonyl (C=O) groups is 1. The third-order valence-corrected chi connectivity index (χ3v) is 4.81. The third kappa shape index (κ3) is 4.50. The number of amides is 1. The van der Waals surface area contributed by atoms with E-state index in [1.807, 2.05) is 24.3 Å². The van der Waals surface area contributed by atoms with Gasteiger partial charge in [-0.3, -0.25) is 4.79 Å².